The topological polar surface area (TPSA) is 127 Å². The van der Waals surface area contributed by atoms with E-state index in [2.05, 4.69) is 4.74 Å². The van der Waals surface area contributed by atoms with Crippen LogP contribution < -0.4 is 0 Å². The Labute approximate surface area is 189 Å². The lowest BCUT2D eigenvalue weighted by atomic mass is 10.0. The molecule has 3 aromatic rings. The zero-order chi connectivity index (χ0) is 24.0. The van der Waals surface area contributed by atoms with Crippen LogP contribution >= 0.6 is 0 Å². The van der Waals surface area contributed by atoms with E-state index in [0.717, 1.165) is 16.7 Å². The highest BCUT2D eigenvalue weighted by atomic mass is 16.6. The van der Waals surface area contributed by atoms with Crippen molar-refractivity contribution in [2.45, 2.75) is 19.1 Å². The van der Waals surface area contributed by atoms with Gasteiger partial charge in [0.25, 0.3) is 0 Å². The number of carboxylic acids is 1. The van der Waals surface area contributed by atoms with Gasteiger partial charge in [0.1, 0.15) is 0 Å². The Morgan fingerprint density at radius 2 is 1.24 bits per heavy atom. The predicted octanol–water partition coefficient (Wildman–Crippen LogP) is 3.02. The third-order valence-electron chi connectivity index (χ3n) is 4.71. The predicted molar refractivity (Wildman–Crippen MR) is 116 cm³/mol. The molecule has 0 heterocycles. The van der Waals surface area contributed by atoms with E-state index in [0.29, 0.717) is 0 Å². The molecule has 2 unspecified atom stereocenters. The van der Waals surface area contributed by atoms with Crippen molar-refractivity contribution in [2.24, 2.45) is 0 Å². The number of esters is 3. The van der Waals surface area contributed by atoms with Crippen molar-refractivity contribution in [2.75, 3.05) is 0 Å². The molecule has 0 amide bonds. The van der Waals surface area contributed by atoms with Gasteiger partial charge in [0.2, 0.25) is 12.2 Å². The molecule has 0 aliphatic carbocycles. The van der Waals surface area contributed by atoms with E-state index < -0.39 is 36.1 Å². The number of benzene rings is 3. The maximum absolute atomic E-state index is 12.3. The molecule has 168 valence electrons. The molecule has 0 spiro atoms. The van der Waals surface area contributed by atoms with Crippen molar-refractivity contribution in [1.82, 2.24) is 0 Å². The number of hydrogen-bond donors (Lipinski definition) is 2. The lowest BCUT2D eigenvalue weighted by molar-refractivity contribution is -0.166. The Balaban J connectivity index is 1.65. The molecule has 0 bridgehead atoms. The molecule has 0 aliphatic heterocycles. The van der Waals surface area contributed by atoms with Crippen LogP contribution in [0.25, 0.3) is 11.1 Å². The number of carbonyl (C=O) groups is 4. The highest BCUT2D eigenvalue weighted by Crippen LogP contribution is 2.21. The minimum absolute atomic E-state index is 0.0135. The number of aliphatic hydroxyl groups excluding tert-OH is 1. The number of carboxylic acid groups (broad SMARTS) is 1. The minimum Gasteiger partial charge on any atom is -0.478 e. The molecule has 0 radical (unpaired) electrons. The zero-order valence-electron chi connectivity index (χ0n) is 17.5. The standard InChI is InChI=1S/C25H20O8/c1-15-7-9-16(10-8-15)17-11-13-19(14-12-17)24(30)33-25(31)20(26)21(22(27)28)32-23(29)18-5-3-2-4-6-18/h2-14,20-21,26H,1H3,(H,27,28). The first-order valence-electron chi connectivity index (χ1n) is 9.86. The minimum atomic E-state index is -2.41. The summed E-state index contributed by atoms with van der Waals surface area (Å²) in [6.45, 7) is 1.96. The largest absolute Gasteiger partial charge is 0.478 e. The molecule has 0 aliphatic rings. The zero-order valence-corrected chi connectivity index (χ0v) is 17.5. The fraction of sp³-hybridized carbons (Fsp3) is 0.120. The summed E-state index contributed by atoms with van der Waals surface area (Å²) in [6, 6.07) is 21.3. The van der Waals surface area contributed by atoms with Gasteiger partial charge in [0, 0.05) is 0 Å². The molecule has 2 atom stereocenters. The molecule has 0 saturated heterocycles. The number of carbonyl (C=O) groups excluding carboxylic acids is 3. The Morgan fingerprint density at radius 1 is 0.727 bits per heavy atom. The molecule has 3 rings (SSSR count). The summed E-state index contributed by atoms with van der Waals surface area (Å²) in [5.41, 5.74) is 2.90. The maximum atomic E-state index is 12.3. The molecule has 0 fully saturated rings. The van der Waals surface area contributed by atoms with Crippen molar-refractivity contribution in [3.8, 4) is 11.1 Å². The lowest BCUT2D eigenvalue weighted by Crippen LogP contribution is -2.44. The third-order valence-corrected chi connectivity index (χ3v) is 4.71. The van der Waals surface area contributed by atoms with Gasteiger partial charge in [-0.15, -0.1) is 0 Å². The molecular formula is C25H20O8. The molecule has 2 N–H and O–H groups in total. The fourth-order valence-corrected chi connectivity index (χ4v) is 2.89. The fourth-order valence-electron chi connectivity index (χ4n) is 2.89. The Kier molecular flexibility index (Phi) is 7.32. The second-order valence-electron chi connectivity index (χ2n) is 7.13. The van der Waals surface area contributed by atoms with Crippen molar-refractivity contribution >= 4 is 23.9 Å². The van der Waals surface area contributed by atoms with Gasteiger partial charge in [-0.2, -0.15) is 0 Å². The maximum Gasteiger partial charge on any atom is 0.348 e. The van der Waals surface area contributed by atoms with Crippen LogP contribution in [0.1, 0.15) is 26.3 Å². The summed E-state index contributed by atoms with van der Waals surface area (Å²) in [6.07, 6.45) is -4.67. The van der Waals surface area contributed by atoms with E-state index in [1.165, 1.54) is 36.4 Å². The SMILES string of the molecule is Cc1ccc(-c2ccc(C(=O)OC(=O)C(O)C(OC(=O)c3ccccc3)C(=O)O)cc2)cc1. The van der Waals surface area contributed by atoms with E-state index in [9.17, 15) is 29.4 Å². The number of aryl methyl sites for hydroxylation is 1. The van der Waals surface area contributed by atoms with E-state index >= 15 is 0 Å². The quantitative estimate of drug-likeness (QED) is 0.417. The molecule has 33 heavy (non-hydrogen) atoms. The first-order chi connectivity index (χ1) is 15.8. The lowest BCUT2D eigenvalue weighted by Gasteiger charge is -2.18. The molecule has 0 aromatic heterocycles. The van der Waals surface area contributed by atoms with Crippen LogP contribution in [0, 0.1) is 6.92 Å². The van der Waals surface area contributed by atoms with E-state index in [-0.39, 0.29) is 11.1 Å². The number of ether oxygens (including phenoxy) is 2. The summed E-state index contributed by atoms with van der Waals surface area (Å²) < 4.78 is 9.34. The van der Waals surface area contributed by atoms with Crippen molar-refractivity contribution in [3.63, 3.8) is 0 Å². The van der Waals surface area contributed by atoms with Crippen LogP contribution in [0.5, 0.6) is 0 Å². The highest BCUT2D eigenvalue weighted by Gasteiger charge is 2.38. The molecule has 3 aromatic carbocycles. The Bertz CT molecular complexity index is 1150. The normalized spacial score (nSPS) is 12.3. The number of aliphatic hydroxyl groups is 1. The van der Waals surface area contributed by atoms with Crippen LogP contribution in [0.4, 0.5) is 0 Å². The Morgan fingerprint density at radius 3 is 1.79 bits per heavy atom. The van der Waals surface area contributed by atoms with Crippen LogP contribution in [-0.2, 0) is 19.1 Å². The van der Waals surface area contributed by atoms with Crippen LogP contribution in [0.15, 0.2) is 78.9 Å². The van der Waals surface area contributed by atoms with E-state index in [1.54, 1.807) is 18.2 Å². The summed E-state index contributed by atoms with van der Waals surface area (Å²) in [5, 5.41) is 19.3. The van der Waals surface area contributed by atoms with Gasteiger partial charge in [-0.05, 0) is 42.3 Å². The summed E-state index contributed by atoms with van der Waals surface area (Å²) in [5.74, 6) is -5.49. The third kappa shape index (κ3) is 5.90. The van der Waals surface area contributed by atoms with Crippen LogP contribution in [-0.4, -0.2) is 46.3 Å². The summed E-state index contributed by atoms with van der Waals surface area (Å²) in [4.78, 5) is 48.0. The number of aliphatic carboxylic acids is 1. The van der Waals surface area contributed by atoms with Crippen molar-refractivity contribution in [1.29, 1.82) is 0 Å². The number of rotatable bonds is 7. The van der Waals surface area contributed by atoms with E-state index in [4.69, 9.17) is 4.74 Å². The second kappa shape index (κ2) is 10.3. The number of hydrogen-bond acceptors (Lipinski definition) is 7. The first-order valence-corrected chi connectivity index (χ1v) is 9.86. The van der Waals surface area contributed by atoms with Gasteiger partial charge in [-0.25, -0.2) is 19.2 Å². The van der Waals surface area contributed by atoms with Crippen LogP contribution in [0.2, 0.25) is 0 Å². The van der Waals surface area contributed by atoms with Gasteiger partial charge in [-0.3, -0.25) is 0 Å². The highest BCUT2D eigenvalue weighted by molar-refractivity contribution is 6.00. The average molecular weight is 448 g/mol. The first kappa shape index (κ1) is 23.4. The van der Waals surface area contributed by atoms with Crippen LogP contribution in [0.3, 0.4) is 0 Å². The molecule has 8 nitrogen and oxygen atoms in total. The smallest absolute Gasteiger partial charge is 0.348 e. The van der Waals surface area contributed by atoms with Gasteiger partial charge < -0.3 is 19.7 Å². The second-order valence-corrected chi connectivity index (χ2v) is 7.13. The monoisotopic (exact) mass is 448 g/mol. The van der Waals surface area contributed by atoms with Gasteiger partial charge >= 0.3 is 23.9 Å². The molecule has 8 heteroatoms. The summed E-state index contributed by atoms with van der Waals surface area (Å²) in [7, 11) is 0. The van der Waals surface area contributed by atoms with Crippen molar-refractivity contribution < 1.29 is 38.9 Å². The average Bonchev–Trinajstić information content (AvgIpc) is 2.82. The van der Waals surface area contributed by atoms with Gasteiger partial charge in [0.05, 0.1) is 11.1 Å². The molecule has 0 saturated carbocycles. The van der Waals surface area contributed by atoms with E-state index in [1.807, 2.05) is 31.2 Å². The summed E-state index contributed by atoms with van der Waals surface area (Å²) >= 11 is 0. The van der Waals surface area contributed by atoms with Gasteiger partial charge in [-0.1, -0.05) is 60.2 Å². The molecular weight excluding hydrogens is 428 g/mol. The Hall–Kier alpha value is -4.30. The van der Waals surface area contributed by atoms with Gasteiger partial charge in [0.15, 0.2) is 0 Å². The van der Waals surface area contributed by atoms with Crippen molar-refractivity contribution in [3.05, 3.63) is 95.6 Å².